The number of carbonyl (C=O) groups is 1. The van der Waals surface area contributed by atoms with Crippen molar-refractivity contribution in [3.8, 4) is 0 Å². The maximum Gasteiger partial charge on any atom is 0.273 e. The van der Waals surface area contributed by atoms with Gasteiger partial charge in [0.05, 0.1) is 11.8 Å². The van der Waals surface area contributed by atoms with Crippen LogP contribution in [0.3, 0.4) is 0 Å². The predicted octanol–water partition coefficient (Wildman–Crippen LogP) is 1.11. The lowest BCUT2D eigenvalue weighted by Gasteiger charge is -2.37. The van der Waals surface area contributed by atoms with E-state index in [2.05, 4.69) is 15.1 Å². The van der Waals surface area contributed by atoms with Gasteiger partial charge in [0.2, 0.25) is 10.0 Å². The van der Waals surface area contributed by atoms with E-state index in [-0.39, 0.29) is 0 Å². The summed E-state index contributed by atoms with van der Waals surface area (Å²) in [6.07, 6.45) is 3.51. The molecule has 2 N–H and O–H groups in total. The van der Waals surface area contributed by atoms with E-state index in [4.69, 9.17) is 0 Å². The predicted molar refractivity (Wildman–Crippen MR) is 81.2 cm³/mol. The highest BCUT2D eigenvalue weighted by atomic mass is 32.2. The first-order chi connectivity index (χ1) is 10.5. The summed E-state index contributed by atoms with van der Waals surface area (Å²) in [6, 6.07) is 10.4. The molecule has 2 heterocycles. The molecule has 1 aliphatic rings. The van der Waals surface area contributed by atoms with Gasteiger partial charge in [-0.2, -0.15) is 0 Å². The van der Waals surface area contributed by atoms with Crippen LogP contribution in [-0.2, 0) is 10.0 Å². The van der Waals surface area contributed by atoms with Gasteiger partial charge in [0.15, 0.2) is 0 Å². The Bertz CT molecular complexity index is 808. The second-order valence-corrected chi connectivity index (χ2v) is 6.64. The third-order valence-corrected chi connectivity index (χ3v) is 3.72. The molecule has 0 radical (unpaired) electrons. The number of nitrogens with zero attached hydrogens (tertiary/aromatic N) is 2. The van der Waals surface area contributed by atoms with Gasteiger partial charge in [0.1, 0.15) is 6.17 Å². The normalized spacial score (nSPS) is 17.8. The number of aromatic nitrogens is 1. The zero-order valence-corrected chi connectivity index (χ0v) is 12.5. The molecule has 114 valence electrons. The molecule has 0 aliphatic carbocycles. The number of pyridine rings is 1. The first-order valence-electron chi connectivity index (χ1n) is 6.52. The smallest absolute Gasteiger partial charge is 0.273 e. The van der Waals surface area contributed by atoms with Gasteiger partial charge in [-0.1, -0.05) is 18.2 Å². The van der Waals surface area contributed by atoms with Crippen molar-refractivity contribution in [2.75, 3.05) is 11.6 Å². The molecule has 3 rings (SSSR count). The molecule has 0 saturated carbocycles. The van der Waals surface area contributed by atoms with E-state index >= 15 is 0 Å². The van der Waals surface area contributed by atoms with Crippen molar-refractivity contribution in [3.63, 3.8) is 0 Å². The number of rotatable bonds is 3. The quantitative estimate of drug-likeness (QED) is 0.884. The number of hydrazine groups is 1. The molecule has 1 aromatic carbocycles. The van der Waals surface area contributed by atoms with E-state index < -0.39 is 22.1 Å². The fourth-order valence-corrected chi connectivity index (χ4v) is 2.84. The number of anilines is 1. The molecule has 2 aromatic rings. The lowest BCUT2D eigenvalue weighted by Crippen LogP contribution is -2.52. The summed E-state index contributed by atoms with van der Waals surface area (Å²) < 4.78 is 23.2. The summed E-state index contributed by atoms with van der Waals surface area (Å²) in [5.41, 5.74) is 1.72. The van der Waals surface area contributed by atoms with Crippen molar-refractivity contribution in [1.29, 1.82) is 0 Å². The van der Waals surface area contributed by atoms with Crippen molar-refractivity contribution in [1.82, 2.24) is 14.8 Å². The summed E-state index contributed by atoms with van der Waals surface area (Å²) in [5, 5.41) is 4.22. The topological polar surface area (TPSA) is 91.4 Å². The van der Waals surface area contributed by atoms with Gasteiger partial charge < -0.3 is 5.32 Å². The molecular weight excluding hydrogens is 304 g/mol. The number of benzene rings is 1. The first-order valence-corrected chi connectivity index (χ1v) is 8.41. The number of fused-ring (bicyclic) bond motifs is 1. The molecule has 0 bridgehead atoms. The van der Waals surface area contributed by atoms with E-state index in [1.165, 1.54) is 0 Å². The summed E-state index contributed by atoms with van der Waals surface area (Å²) in [4.78, 5) is 18.9. The third kappa shape index (κ3) is 2.78. The molecule has 8 heteroatoms. The van der Waals surface area contributed by atoms with E-state index in [0.29, 0.717) is 16.8 Å². The molecule has 1 unspecified atom stereocenters. The van der Waals surface area contributed by atoms with Crippen molar-refractivity contribution >= 4 is 21.6 Å². The molecule has 22 heavy (non-hydrogen) atoms. The summed E-state index contributed by atoms with van der Waals surface area (Å²) in [5.74, 6) is -0.423. The van der Waals surface area contributed by atoms with Crippen LogP contribution < -0.4 is 10.1 Å². The van der Waals surface area contributed by atoms with Gasteiger partial charge in [-0.05, 0) is 18.2 Å². The fraction of sp³-hybridized carbons (Fsp3) is 0.143. The van der Waals surface area contributed by atoms with E-state index in [1.54, 1.807) is 48.8 Å². The molecule has 0 saturated heterocycles. The van der Waals surface area contributed by atoms with Crippen LogP contribution >= 0.6 is 0 Å². The van der Waals surface area contributed by atoms with E-state index in [9.17, 15) is 13.2 Å². The first kappa shape index (κ1) is 14.5. The fourth-order valence-electron chi connectivity index (χ4n) is 2.30. The Balaban J connectivity index is 2.08. The largest absolute Gasteiger partial charge is 0.360 e. The van der Waals surface area contributed by atoms with E-state index in [1.807, 2.05) is 0 Å². The molecule has 1 aromatic heterocycles. The van der Waals surface area contributed by atoms with Gasteiger partial charge >= 0.3 is 0 Å². The van der Waals surface area contributed by atoms with Crippen LogP contribution in [-0.4, -0.2) is 30.6 Å². The average molecular weight is 318 g/mol. The standard InChI is InChI=1S/C14H14N4O3S/c1-22(20,21)17-18-13(10-5-4-8-15-9-10)16-12-7-3-2-6-11(12)14(18)19/h2-9,13,16-17H,1H3. The van der Waals surface area contributed by atoms with Crippen molar-refractivity contribution in [3.05, 3.63) is 59.9 Å². The van der Waals surface area contributed by atoms with Gasteiger partial charge in [-0.3, -0.25) is 9.78 Å². The van der Waals surface area contributed by atoms with Crippen LogP contribution in [0.1, 0.15) is 22.1 Å². The van der Waals surface area contributed by atoms with Crippen LogP contribution in [0.2, 0.25) is 0 Å². The van der Waals surface area contributed by atoms with Crippen LogP contribution in [0.4, 0.5) is 5.69 Å². The lowest BCUT2D eigenvalue weighted by molar-refractivity contribution is 0.0633. The molecule has 7 nitrogen and oxygen atoms in total. The maximum atomic E-state index is 12.6. The molecule has 1 aliphatic heterocycles. The minimum atomic E-state index is -3.61. The second kappa shape index (κ2) is 5.39. The van der Waals surface area contributed by atoms with Crippen molar-refractivity contribution < 1.29 is 13.2 Å². The number of nitrogens with one attached hydrogen (secondary N) is 2. The highest BCUT2D eigenvalue weighted by molar-refractivity contribution is 7.88. The zero-order chi connectivity index (χ0) is 15.7. The molecule has 1 atom stereocenters. The maximum absolute atomic E-state index is 12.6. The number of sulfonamides is 1. The zero-order valence-electron chi connectivity index (χ0n) is 11.7. The number of para-hydroxylation sites is 1. The minimum absolute atomic E-state index is 0.402. The molecule has 1 amide bonds. The molecule has 0 spiro atoms. The Kier molecular flexibility index (Phi) is 3.55. The van der Waals surface area contributed by atoms with Gasteiger partial charge in [0, 0.05) is 23.6 Å². The van der Waals surface area contributed by atoms with Gasteiger partial charge in [-0.15, -0.1) is 4.83 Å². The molecular formula is C14H14N4O3S. The van der Waals surface area contributed by atoms with Crippen LogP contribution in [0, 0.1) is 0 Å². The second-order valence-electron chi connectivity index (χ2n) is 4.92. The Morgan fingerprint density at radius 1 is 1.23 bits per heavy atom. The number of hydrogen-bond donors (Lipinski definition) is 2. The third-order valence-electron chi connectivity index (χ3n) is 3.19. The highest BCUT2D eigenvalue weighted by Crippen LogP contribution is 2.31. The van der Waals surface area contributed by atoms with Crippen LogP contribution in [0.15, 0.2) is 48.8 Å². The summed E-state index contributed by atoms with van der Waals surface area (Å²) in [6.45, 7) is 0. The van der Waals surface area contributed by atoms with Crippen molar-refractivity contribution in [2.45, 2.75) is 6.17 Å². The van der Waals surface area contributed by atoms with Gasteiger partial charge in [0.25, 0.3) is 5.91 Å². The summed E-state index contributed by atoms with van der Waals surface area (Å²) in [7, 11) is -3.61. The van der Waals surface area contributed by atoms with Crippen molar-refractivity contribution in [2.24, 2.45) is 0 Å². The average Bonchev–Trinajstić information content (AvgIpc) is 2.50. The van der Waals surface area contributed by atoms with Gasteiger partial charge in [-0.25, -0.2) is 13.4 Å². The van der Waals surface area contributed by atoms with E-state index in [0.717, 1.165) is 11.3 Å². The highest BCUT2D eigenvalue weighted by Gasteiger charge is 2.34. The van der Waals surface area contributed by atoms with Crippen LogP contribution in [0.5, 0.6) is 0 Å². The Morgan fingerprint density at radius 3 is 2.68 bits per heavy atom. The Hall–Kier alpha value is -2.45. The lowest BCUT2D eigenvalue weighted by atomic mass is 10.1. The summed E-state index contributed by atoms with van der Waals surface area (Å²) >= 11 is 0. The Labute approximate surface area is 128 Å². The SMILES string of the molecule is CS(=O)(=O)NN1C(=O)c2ccccc2NC1c1cccnc1. The Morgan fingerprint density at radius 2 is 2.00 bits per heavy atom. The number of amides is 1. The van der Waals surface area contributed by atoms with Crippen LogP contribution in [0.25, 0.3) is 0 Å². The number of carbonyl (C=O) groups excluding carboxylic acids is 1. The number of hydrogen-bond acceptors (Lipinski definition) is 5. The molecule has 0 fully saturated rings. The minimum Gasteiger partial charge on any atom is -0.360 e. The monoisotopic (exact) mass is 318 g/mol.